The van der Waals surface area contributed by atoms with E-state index in [0.717, 1.165) is 12.8 Å². The van der Waals surface area contributed by atoms with Crippen LogP contribution in [-0.4, -0.2) is 55.5 Å². The molecule has 1 saturated carbocycles. The van der Waals surface area contributed by atoms with Crippen LogP contribution in [0.3, 0.4) is 0 Å². The van der Waals surface area contributed by atoms with Gasteiger partial charge in [-0.1, -0.05) is 0 Å². The number of amides is 4. The molecule has 1 atom stereocenters. The molecule has 0 bridgehead atoms. The Morgan fingerprint density at radius 1 is 1.15 bits per heavy atom. The monoisotopic (exact) mass is 360 g/mol. The molecule has 2 aliphatic rings. The third kappa shape index (κ3) is 4.44. The van der Waals surface area contributed by atoms with E-state index >= 15 is 0 Å². The average molecular weight is 360 g/mol. The van der Waals surface area contributed by atoms with Gasteiger partial charge in [-0.05, 0) is 37.5 Å². The number of rotatable bonds is 5. The molecule has 1 saturated heterocycles. The van der Waals surface area contributed by atoms with Crippen molar-refractivity contribution >= 4 is 23.5 Å². The van der Waals surface area contributed by atoms with Gasteiger partial charge in [0.25, 0.3) is 5.91 Å². The number of urea groups is 1. The highest BCUT2D eigenvalue weighted by atomic mass is 16.5. The maximum absolute atomic E-state index is 12.3. The van der Waals surface area contributed by atoms with Crippen molar-refractivity contribution in [2.45, 2.75) is 37.8 Å². The number of hydrogen-bond donors (Lipinski definition) is 3. The molecular weight excluding hydrogens is 336 g/mol. The Labute approximate surface area is 152 Å². The number of likely N-dealkylation sites (tertiary alicyclic amines) is 1. The van der Waals surface area contributed by atoms with E-state index < -0.39 is 6.03 Å². The summed E-state index contributed by atoms with van der Waals surface area (Å²) in [6.45, 7) is 0.479. The van der Waals surface area contributed by atoms with Crippen LogP contribution in [0.5, 0.6) is 5.75 Å². The Hall–Kier alpha value is -2.77. The molecular formula is C18H24N4O4. The number of carbonyl (C=O) groups is 3. The zero-order valence-corrected chi connectivity index (χ0v) is 15.0. The first-order chi connectivity index (χ1) is 12.5. The summed E-state index contributed by atoms with van der Waals surface area (Å²) >= 11 is 0. The second kappa shape index (κ2) is 7.63. The van der Waals surface area contributed by atoms with Gasteiger partial charge >= 0.3 is 6.03 Å². The fourth-order valence-corrected chi connectivity index (χ4v) is 2.92. The molecule has 26 heavy (non-hydrogen) atoms. The fraction of sp³-hybridized carbons (Fsp3) is 0.500. The standard InChI is InChI=1S/C18H24N4O4/c1-22-10-13(6-8-16(22)23)20-18(25)21-14-9-11(3-7-15(14)26-2)17(24)19-12-4-5-12/h3,7,9,12-13H,4-6,8,10H2,1-2H3,(H,19,24)(H2,20,21,25). The molecule has 0 spiro atoms. The van der Waals surface area contributed by atoms with Crippen molar-refractivity contribution in [2.24, 2.45) is 0 Å². The lowest BCUT2D eigenvalue weighted by atomic mass is 10.1. The van der Waals surface area contributed by atoms with Gasteiger partial charge < -0.3 is 25.6 Å². The Morgan fingerprint density at radius 2 is 1.92 bits per heavy atom. The molecule has 3 rings (SSSR count). The molecule has 1 heterocycles. The van der Waals surface area contributed by atoms with Crippen molar-refractivity contribution in [2.75, 3.05) is 26.0 Å². The molecule has 8 nitrogen and oxygen atoms in total. The van der Waals surface area contributed by atoms with E-state index in [1.807, 2.05) is 0 Å². The van der Waals surface area contributed by atoms with E-state index in [9.17, 15) is 14.4 Å². The van der Waals surface area contributed by atoms with E-state index in [1.54, 1.807) is 30.1 Å². The predicted molar refractivity (Wildman–Crippen MR) is 96.3 cm³/mol. The van der Waals surface area contributed by atoms with E-state index in [4.69, 9.17) is 4.74 Å². The summed E-state index contributed by atoms with van der Waals surface area (Å²) in [6.07, 6.45) is 3.04. The SMILES string of the molecule is COc1ccc(C(=O)NC2CC2)cc1NC(=O)NC1CCC(=O)N(C)C1. The molecule has 0 aromatic heterocycles. The quantitative estimate of drug-likeness (QED) is 0.737. The number of carbonyl (C=O) groups excluding carboxylic acids is 3. The van der Waals surface area contributed by atoms with E-state index in [-0.39, 0.29) is 23.9 Å². The van der Waals surface area contributed by atoms with Gasteiger partial charge in [0.05, 0.1) is 12.8 Å². The van der Waals surface area contributed by atoms with E-state index in [2.05, 4.69) is 16.0 Å². The van der Waals surface area contributed by atoms with E-state index in [1.165, 1.54) is 7.11 Å². The van der Waals surface area contributed by atoms with Crippen LogP contribution in [0.4, 0.5) is 10.5 Å². The Kier molecular flexibility index (Phi) is 5.29. The van der Waals surface area contributed by atoms with E-state index in [0.29, 0.717) is 36.4 Å². The van der Waals surface area contributed by atoms with Crippen LogP contribution in [-0.2, 0) is 4.79 Å². The summed E-state index contributed by atoms with van der Waals surface area (Å²) in [7, 11) is 3.23. The number of nitrogens with zero attached hydrogens (tertiary/aromatic N) is 1. The smallest absolute Gasteiger partial charge is 0.319 e. The number of nitrogens with one attached hydrogen (secondary N) is 3. The molecule has 1 aliphatic carbocycles. The second-order valence-electron chi connectivity index (χ2n) is 6.77. The van der Waals surface area contributed by atoms with Crippen molar-refractivity contribution < 1.29 is 19.1 Å². The summed E-state index contributed by atoms with van der Waals surface area (Å²) in [6, 6.07) is 4.69. The van der Waals surface area contributed by atoms with Gasteiger partial charge in [0, 0.05) is 37.7 Å². The van der Waals surface area contributed by atoms with Crippen LogP contribution in [0.2, 0.25) is 0 Å². The summed E-state index contributed by atoms with van der Waals surface area (Å²) in [5, 5.41) is 8.52. The number of methoxy groups -OCH3 is 1. The second-order valence-corrected chi connectivity index (χ2v) is 6.77. The number of ether oxygens (including phenoxy) is 1. The Morgan fingerprint density at radius 3 is 2.58 bits per heavy atom. The minimum Gasteiger partial charge on any atom is -0.495 e. The van der Waals surface area contributed by atoms with Gasteiger partial charge in [0.2, 0.25) is 5.91 Å². The van der Waals surface area contributed by atoms with Crippen LogP contribution in [0.15, 0.2) is 18.2 Å². The predicted octanol–water partition coefficient (Wildman–Crippen LogP) is 1.33. The van der Waals surface area contributed by atoms with Gasteiger partial charge in [-0.15, -0.1) is 0 Å². The molecule has 1 aromatic rings. The number of hydrogen-bond acceptors (Lipinski definition) is 4. The van der Waals surface area contributed by atoms with Gasteiger partial charge in [-0.25, -0.2) is 4.79 Å². The summed E-state index contributed by atoms with van der Waals surface area (Å²) in [4.78, 5) is 37.7. The first-order valence-electron chi connectivity index (χ1n) is 8.76. The molecule has 1 aliphatic heterocycles. The molecule has 3 N–H and O–H groups in total. The number of piperidine rings is 1. The topological polar surface area (TPSA) is 99.8 Å². The first kappa shape index (κ1) is 18.0. The van der Waals surface area contributed by atoms with Crippen molar-refractivity contribution in [3.05, 3.63) is 23.8 Å². The number of benzene rings is 1. The van der Waals surface area contributed by atoms with Crippen LogP contribution in [0.1, 0.15) is 36.0 Å². The molecule has 140 valence electrons. The number of likely N-dealkylation sites (N-methyl/N-ethyl adjacent to an activating group) is 1. The van der Waals surface area contributed by atoms with Crippen LogP contribution in [0, 0.1) is 0 Å². The maximum atomic E-state index is 12.3. The molecule has 1 unspecified atom stereocenters. The third-order valence-electron chi connectivity index (χ3n) is 4.58. The van der Waals surface area contributed by atoms with Gasteiger partial charge in [0.1, 0.15) is 5.75 Å². The zero-order chi connectivity index (χ0) is 18.7. The van der Waals surface area contributed by atoms with Crippen LogP contribution >= 0.6 is 0 Å². The van der Waals surface area contributed by atoms with Crippen molar-refractivity contribution in [3.63, 3.8) is 0 Å². The molecule has 2 fully saturated rings. The molecule has 8 heteroatoms. The lowest BCUT2D eigenvalue weighted by Crippen LogP contribution is -2.49. The summed E-state index contributed by atoms with van der Waals surface area (Å²) in [5.41, 5.74) is 0.893. The fourth-order valence-electron chi connectivity index (χ4n) is 2.92. The Bertz CT molecular complexity index is 717. The highest BCUT2D eigenvalue weighted by molar-refractivity contribution is 5.98. The van der Waals surface area contributed by atoms with Crippen molar-refractivity contribution in [1.82, 2.24) is 15.5 Å². The lowest BCUT2D eigenvalue weighted by molar-refractivity contribution is -0.132. The van der Waals surface area contributed by atoms with Crippen molar-refractivity contribution in [1.29, 1.82) is 0 Å². The highest BCUT2D eigenvalue weighted by Gasteiger charge is 2.25. The maximum Gasteiger partial charge on any atom is 0.319 e. The summed E-state index contributed by atoms with van der Waals surface area (Å²) < 4.78 is 5.27. The largest absolute Gasteiger partial charge is 0.495 e. The lowest BCUT2D eigenvalue weighted by Gasteiger charge is -2.30. The molecule has 4 amide bonds. The summed E-state index contributed by atoms with van der Waals surface area (Å²) in [5.74, 6) is 0.393. The first-order valence-corrected chi connectivity index (χ1v) is 8.76. The normalized spacial score (nSPS) is 19.7. The zero-order valence-electron chi connectivity index (χ0n) is 15.0. The van der Waals surface area contributed by atoms with Gasteiger partial charge in [0.15, 0.2) is 0 Å². The Balaban J connectivity index is 1.64. The molecule has 1 aromatic carbocycles. The van der Waals surface area contributed by atoms with Crippen LogP contribution in [0.25, 0.3) is 0 Å². The van der Waals surface area contributed by atoms with Gasteiger partial charge in [-0.3, -0.25) is 9.59 Å². The third-order valence-corrected chi connectivity index (χ3v) is 4.58. The van der Waals surface area contributed by atoms with Crippen LogP contribution < -0.4 is 20.7 Å². The minimum atomic E-state index is -0.393. The number of anilines is 1. The van der Waals surface area contributed by atoms with Crippen molar-refractivity contribution in [3.8, 4) is 5.75 Å². The van der Waals surface area contributed by atoms with Gasteiger partial charge in [-0.2, -0.15) is 0 Å². The highest BCUT2D eigenvalue weighted by Crippen LogP contribution is 2.26. The average Bonchev–Trinajstić information content (AvgIpc) is 3.42. The molecule has 0 radical (unpaired) electrons. The minimum absolute atomic E-state index is 0.0829.